The molecule has 2 amide bonds. The predicted molar refractivity (Wildman–Crippen MR) is 75.4 cm³/mol. The van der Waals surface area contributed by atoms with Crippen molar-refractivity contribution in [3.63, 3.8) is 0 Å². The van der Waals surface area contributed by atoms with Crippen LogP contribution in [0.25, 0.3) is 0 Å². The zero-order valence-corrected chi connectivity index (χ0v) is 12.2. The molecular weight excluding hydrogens is 264 g/mol. The van der Waals surface area contributed by atoms with Crippen molar-refractivity contribution in [2.75, 3.05) is 0 Å². The van der Waals surface area contributed by atoms with Crippen molar-refractivity contribution < 1.29 is 14.7 Å². The van der Waals surface area contributed by atoms with Gasteiger partial charge in [0.2, 0.25) is 0 Å². The van der Waals surface area contributed by atoms with Crippen LogP contribution in [-0.2, 0) is 4.79 Å². The number of carbonyl (C=O) groups is 2. The molecule has 6 heteroatoms. The number of amides is 2. The van der Waals surface area contributed by atoms with Gasteiger partial charge in [-0.3, -0.25) is 0 Å². The van der Waals surface area contributed by atoms with E-state index in [2.05, 4.69) is 10.6 Å². The van der Waals surface area contributed by atoms with Crippen molar-refractivity contribution in [2.24, 2.45) is 0 Å². The molecule has 1 heterocycles. The summed E-state index contributed by atoms with van der Waals surface area (Å²) in [5.41, 5.74) is -0.350. The van der Waals surface area contributed by atoms with E-state index in [9.17, 15) is 9.59 Å². The molecule has 0 saturated carbocycles. The lowest BCUT2D eigenvalue weighted by Gasteiger charge is -2.26. The van der Waals surface area contributed by atoms with Gasteiger partial charge in [0.05, 0.1) is 0 Å². The highest BCUT2D eigenvalue weighted by Gasteiger charge is 2.26. The second-order valence-electron chi connectivity index (χ2n) is 5.02. The molecule has 1 aromatic rings. The molecule has 0 aromatic carbocycles. The predicted octanol–water partition coefficient (Wildman–Crippen LogP) is 2.75. The summed E-state index contributed by atoms with van der Waals surface area (Å²) in [4.78, 5) is 23.7. The van der Waals surface area contributed by atoms with Crippen LogP contribution in [0.3, 0.4) is 0 Å². The Kier molecular flexibility index (Phi) is 5.35. The molecule has 1 unspecified atom stereocenters. The molecule has 0 aliphatic carbocycles. The Hall–Kier alpha value is -1.56. The number of carbonyl (C=O) groups excluding carboxylic acids is 1. The summed E-state index contributed by atoms with van der Waals surface area (Å²) >= 11 is 1.31. The third-order valence-electron chi connectivity index (χ3n) is 2.68. The van der Waals surface area contributed by atoms with Crippen molar-refractivity contribution in [3.05, 3.63) is 22.4 Å². The molecule has 3 N–H and O–H groups in total. The fraction of sp³-hybridized carbons (Fsp3) is 0.538. The molecule has 19 heavy (non-hydrogen) atoms. The van der Waals surface area contributed by atoms with Gasteiger partial charge in [0.25, 0.3) is 0 Å². The van der Waals surface area contributed by atoms with Gasteiger partial charge in [-0.1, -0.05) is 19.4 Å². The summed E-state index contributed by atoms with van der Waals surface area (Å²) in [6, 6.07) is 1.99. The highest BCUT2D eigenvalue weighted by atomic mass is 32.1. The molecule has 0 saturated heterocycles. The summed E-state index contributed by atoms with van der Waals surface area (Å²) in [6.07, 6.45) is 1.78. The zero-order chi connectivity index (χ0) is 14.5. The van der Waals surface area contributed by atoms with Crippen LogP contribution < -0.4 is 10.6 Å². The highest BCUT2D eigenvalue weighted by molar-refractivity contribution is 7.10. The lowest BCUT2D eigenvalue weighted by atomic mass is 9.99. The second kappa shape index (κ2) is 6.56. The van der Waals surface area contributed by atoms with Gasteiger partial charge in [-0.2, -0.15) is 0 Å². The maximum Gasteiger partial charge on any atom is 0.331 e. The van der Waals surface area contributed by atoms with Crippen LogP contribution in [0.4, 0.5) is 4.79 Å². The summed E-state index contributed by atoms with van der Waals surface area (Å²) in [5.74, 6) is -1.06. The summed E-state index contributed by atoms with van der Waals surface area (Å²) in [6.45, 7) is 5.86. The van der Waals surface area contributed by atoms with Gasteiger partial charge in [0.1, 0.15) is 0 Å². The molecule has 0 fully saturated rings. The third kappa shape index (κ3) is 4.90. The first-order chi connectivity index (χ1) is 8.85. The van der Waals surface area contributed by atoms with Crippen molar-refractivity contribution in [1.82, 2.24) is 10.6 Å². The van der Waals surface area contributed by atoms with Gasteiger partial charge < -0.3 is 15.7 Å². The number of carboxylic acid groups (broad SMARTS) is 1. The van der Waals surface area contributed by atoms with Gasteiger partial charge in [-0.15, -0.1) is 11.3 Å². The average Bonchev–Trinajstić information content (AvgIpc) is 2.77. The van der Waals surface area contributed by atoms with E-state index >= 15 is 0 Å². The Balaban J connectivity index is 2.66. The van der Waals surface area contributed by atoms with Gasteiger partial charge in [-0.25, -0.2) is 9.59 Å². The molecule has 106 valence electrons. The fourth-order valence-corrected chi connectivity index (χ4v) is 2.64. The largest absolute Gasteiger partial charge is 0.479 e. The number of hydrogen-bond donors (Lipinski definition) is 3. The quantitative estimate of drug-likeness (QED) is 0.751. The number of aliphatic carboxylic acids is 1. The summed E-state index contributed by atoms with van der Waals surface area (Å²) in [7, 11) is 0. The zero-order valence-electron chi connectivity index (χ0n) is 11.4. The Morgan fingerprint density at radius 2 is 2.16 bits per heavy atom. The van der Waals surface area contributed by atoms with E-state index in [0.29, 0.717) is 4.88 Å². The minimum absolute atomic E-state index is 0.350. The van der Waals surface area contributed by atoms with E-state index in [1.54, 1.807) is 17.5 Å². The Morgan fingerprint density at radius 3 is 2.63 bits per heavy atom. The number of hydrogen-bond acceptors (Lipinski definition) is 3. The molecule has 0 radical (unpaired) electrons. The number of urea groups is 1. The van der Waals surface area contributed by atoms with Crippen LogP contribution >= 0.6 is 11.3 Å². The van der Waals surface area contributed by atoms with E-state index in [0.717, 1.165) is 12.8 Å². The van der Waals surface area contributed by atoms with E-state index in [1.165, 1.54) is 11.3 Å². The Bertz CT molecular complexity index is 429. The topological polar surface area (TPSA) is 78.4 Å². The minimum atomic E-state index is -1.06. The monoisotopic (exact) mass is 284 g/mol. The lowest BCUT2D eigenvalue weighted by molar-refractivity contribution is -0.139. The third-order valence-corrected chi connectivity index (χ3v) is 3.61. The smallest absolute Gasteiger partial charge is 0.331 e. The lowest BCUT2D eigenvalue weighted by Crippen LogP contribution is -2.50. The van der Waals surface area contributed by atoms with E-state index in [4.69, 9.17) is 5.11 Å². The summed E-state index contributed by atoms with van der Waals surface area (Å²) < 4.78 is 0. The first-order valence-corrected chi connectivity index (χ1v) is 7.08. The minimum Gasteiger partial charge on any atom is -0.479 e. The number of nitrogens with one attached hydrogen (secondary N) is 2. The van der Waals surface area contributed by atoms with Crippen LogP contribution in [-0.4, -0.2) is 22.6 Å². The second-order valence-corrected chi connectivity index (χ2v) is 6.00. The van der Waals surface area contributed by atoms with Crippen LogP contribution in [0.15, 0.2) is 17.5 Å². The number of rotatable bonds is 6. The SMILES string of the molecule is CCCC(C)(C)NC(=O)NC(C(=O)O)c1cccs1. The molecular formula is C13H20N2O3S. The molecule has 0 bridgehead atoms. The molecule has 5 nitrogen and oxygen atoms in total. The van der Waals surface area contributed by atoms with Crippen molar-refractivity contribution in [2.45, 2.75) is 45.2 Å². The number of carboxylic acids is 1. The first kappa shape index (κ1) is 15.5. The molecule has 0 aliphatic rings. The maximum atomic E-state index is 11.9. The Morgan fingerprint density at radius 1 is 1.47 bits per heavy atom. The summed E-state index contributed by atoms with van der Waals surface area (Å²) in [5, 5.41) is 16.2. The van der Waals surface area contributed by atoms with Crippen LogP contribution in [0.1, 0.15) is 44.5 Å². The molecule has 1 rings (SSSR count). The van der Waals surface area contributed by atoms with E-state index in [-0.39, 0.29) is 5.54 Å². The maximum absolute atomic E-state index is 11.9. The van der Waals surface area contributed by atoms with Gasteiger partial charge in [0.15, 0.2) is 6.04 Å². The molecule has 1 atom stereocenters. The average molecular weight is 284 g/mol. The van der Waals surface area contributed by atoms with Gasteiger partial charge in [0, 0.05) is 10.4 Å². The van der Waals surface area contributed by atoms with Crippen molar-refractivity contribution in [1.29, 1.82) is 0 Å². The number of thiophene rings is 1. The first-order valence-electron chi connectivity index (χ1n) is 6.20. The van der Waals surface area contributed by atoms with Gasteiger partial charge >= 0.3 is 12.0 Å². The molecule has 0 aliphatic heterocycles. The fourth-order valence-electron chi connectivity index (χ4n) is 1.87. The van der Waals surface area contributed by atoms with Crippen LogP contribution in [0.5, 0.6) is 0 Å². The van der Waals surface area contributed by atoms with Gasteiger partial charge in [-0.05, 0) is 31.7 Å². The molecule has 0 spiro atoms. The van der Waals surface area contributed by atoms with E-state index in [1.807, 2.05) is 20.8 Å². The van der Waals surface area contributed by atoms with Crippen molar-refractivity contribution >= 4 is 23.3 Å². The van der Waals surface area contributed by atoms with Crippen molar-refractivity contribution in [3.8, 4) is 0 Å². The highest BCUT2D eigenvalue weighted by Crippen LogP contribution is 2.19. The standard InChI is InChI=1S/C13H20N2O3S/c1-4-7-13(2,3)15-12(18)14-10(11(16)17)9-6-5-8-19-9/h5-6,8,10H,4,7H2,1-3H3,(H,16,17)(H2,14,15,18). The Labute approximate surface area is 117 Å². The normalized spacial score (nSPS) is 12.8. The van der Waals surface area contributed by atoms with Crippen LogP contribution in [0.2, 0.25) is 0 Å². The van der Waals surface area contributed by atoms with E-state index < -0.39 is 18.0 Å². The van der Waals surface area contributed by atoms with Crippen LogP contribution in [0, 0.1) is 0 Å². The molecule has 1 aromatic heterocycles.